The summed E-state index contributed by atoms with van der Waals surface area (Å²) < 4.78 is 31.3. The van der Waals surface area contributed by atoms with Gasteiger partial charge >= 0.3 is 0 Å². The minimum absolute atomic E-state index is 0.102. The number of hydrogen-bond acceptors (Lipinski definition) is 5. The lowest BCUT2D eigenvalue weighted by Crippen LogP contribution is -2.07. The topological polar surface area (TPSA) is 73.1 Å². The molecule has 0 spiro atoms. The van der Waals surface area contributed by atoms with Crippen LogP contribution in [-0.2, 0) is 6.54 Å². The average molecular weight is 266 g/mol. The van der Waals surface area contributed by atoms with Gasteiger partial charge in [0.1, 0.15) is 0 Å². The quantitative estimate of drug-likeness (QED) is 0.885. The Kier molecular flexibility index (Phi) is 3.74. The zero-order valence-electron chi connectivity index (χ0n) is 10.2. The van der Waals surface area contributed by atoms with Crippen molar-refractivity contribution in [3.8, 4) is 5.88 Å². The molecule has 2 rings (SSSR count). The van der Waals surface area contributed by atoms with E-state index in [1.54, 1.807) is 18.3 Å². The maximum Gasteiger partial charge on any atom is 0.213 e. The molecule has 0 aliphatic heterocycles. The third-order valence-corrected chi connectivity index (χ3v) is 2.42. The summed E-state index contributed by atoms with van der Waals surface area (Å²) in [6.45, 7) is 0.286. The van der Waals surface area contributed by atoms with Crippen LogP contribution in [0.2, 0.25) is 0 Å². The van der Waals surface area contributed by atoms with Crippen LogP contribution < -0.4 is 15.8 Å². The fraction of sp³-hybridized carbons (Fsp3) is 0.167. The second kappa shape index (κ2) is 5.47. The molecular weight excluding hydrogens is 254 g/mol. The highest BCUT2D eigenvalue weighted by Crippen LogP contribution is 2.17. The van der Waals surface area contributed by atoms with E-state index in [1.807, 2.05) is 0 Å². The third kappa shape index (κ3) is 3.06. The Morgan fingerprint density at radius 3 is 2.84 bits per heavy atom. The lowest BCUT2D eigenvalue weighted by Gasteiger charge is -2.08. The van der Waals surface area contributed by atoms with E-state index in [1.165, 1.54) is 7.11 Å². The summed E-state index contributed by atoms with van der Waals surface area (Å²) >= 11 is 0. The Morgan fingerprint density at radius 1 is 1.32 bits per heavy atom. The molecule has 0 fully saturated rings. The number of nitrogen functional groups attached to an aromatic ring is 1. The molecule has 0 atom stereocenters. The van der Waals surface area contributed by atoms with E-state index in [2.05, 4.69) is 15.3 Å². The number of aromatic nitrogens is 2. The first-order valence-electron chi connectivity index (χ1n) is 5.44. The predicted octanol–water partition coefficient (Wildman–Crippen LogP) is 1.96. The number of nitrogens with two attached hydrogens (primary N) is 1. The minimum Gasteiger partial charge on any atom is -0.481 e. The maximum absolute atomic E-state index is 13.4. The SMILES string of the molecule is COc1cc(CNc2nc(N)c(F)cc2F)ccn1. The maximum atomic E-state index is 13.4. The van der Waals surface area contributed by atoms with Gasteiger partial charge in [-0.05, 0) is 11.6 Å². The van der Waals surface area contributed by atoms with Crippen molar-refractivity contribution in [3.63, 3.8) is 0 Å². The van der Waals surface area contributed by atoms with Gasteiger partial charge in [0.15, 0.2) is 23.3 Å². The summed E-state index contributed by atoms with van der Waals surface area (Å²) in [6.07, 6.45) is 1.57. The third-order valence-electron chi connectivity index (χ3n) is 2.42. The van der Waals surface area contributed by atoms with E-state index < -0.39 is 11.6 Å². The van der Waals surface area contributed by atoms with E-state index in [4.69, 9.17) is 10.5 Å². The number of hydrogen-bond donors (Lipinski definition) is 2. The first-order chi connectivity index (χ1) is 9.10. The Bertz CT molecular complexity index is 592. The summed E-state index contributed by atoms with van der Waals surface area (Å²) in [5.41, 5.74) is 6.10. The summed E-state index contributed by atoms with van der Waals surface area (Å²) in [5, 5.41) is 2.73. The Morgan fingerprint density at radius 2 is 2.11 bits per heavy atom. The van der Waals surface area contributed by atoms with Gasteiger partial charge in [0, 0.05) is 24.9 Å². The predicted molar refractivity (Wildman–Crippen MR) is 66.7 cm³/mol. The summed E-state index contributed by atoms with van der Waals surface area (Å²) in [5.74, 6) is -1.68. The van der Waals surface area contributed by atoms with Gasteiger partial charge in [0.05, 0.1) is 7.11 Å². The molecule has 7 heteroatoms. The van der Waals surface area contributed by atoms with Crippen LogP contribution in [0.1, 0.15) is 5.56 Å². The molecule has 0 aliphatic rings. The molecule has 0 unspecified atom stereocenters. The van der Waals surface area contributed by atoms with Gasteiger partial charge in [-0.2, -0.15) is 0 Å². The Hall–Kier alpha value is -2.44. The van der Waals surface area contributed by atoms with E-state index in [9.17, 15) is 8.78 Å². The van der Waals surface area contributed by atoms with Crippen molar-refractivity contribution in [1.82, 2.24) is 9.97 Å². The number of halogens is 2. The first-order valence-corrected chi connectivity index (χ1v) is 5.44. The van der Waals surface area contributed by atoms with Crippen LogP contribution in [0.25, 0.3) is 0 Å². The second-order valence-corrected chi connectivity index (χ2v) is 3.75. The highest BCUT2D eigenvalue weighted by molar-refractivity contribution is 5.45. The Labute approximate surface area is 108 Å². The van der Waals surface area contributed by atoms with Crippen molar-refractivity contribution >= 4 is 11.6 Å². The molecule has 2 aromatic rings. The van der Waals surface area contributed by atoms with E-state index in [-0.39, 0.29) is 18.2 Å². The van der Waals surface area contributed by atoms with Gasteiger partial charge in [-0.3, -0.25) is 0 Å². The van der Waals surface area contributed by atoms with Crippen molar-refractivity contribution in [3.05, 3.63) is 41.6 Å². The molecule has 100 valence electrons. The van der Waals surface area contributed by atoms with Gasteiger partial charge in [-0.1, -0.05) is 0 Å². The van der Waals surface area contributed by atoms with Crippen molar-refractivity contribution in [2.24, 2.45) is 0 Å². The van der Waals surface area contributed by atoms with Crippen LogP contribution >= 0.6 is 0 Å². The van der Waals surface area contributed by atoms with Crippen LogP contribution in [0.15, 0.2) is 24.4 Å². The number of anilines is 2. The molecule has 0 radical (unpaired) electrons. The van der Waals surface area contributed by atoms with Crippen LogP contribution in [0.4, 0.5) is 20.4 Å². The largest absolute Gasteiger partial charge is 0.481 e. The van der Waals surface area contributed by atoms with Gasteiger partial charge in [0.2, 0.25) is 5.88 Å². The molecular formula is C12H12F2N4O. The molecule has 2 aromatic heterocycles. The molecule has 0 saturated heterocycles. The zero-order valence-corrected chi connectivity index (χ0v) is 10.2. The van der Waals surface area contributed by atoms with E-state index >= 15 is 0 Å². The normalized spacial score (nSPS) is 10.3. The molecule has 2 heterocycles. The molecule has 0 aromatic carbocycles. The second-order valence-electron chi connectivity index (χ2n) is 3.75. The fourth-order valence-electron chi connectivity index (χ4n) is 1.46. The lowest BCUT2D eigenvalue weighted by atomic mass is 10.2. The number of ether oxygens (including phenoxy) is 1. The zero-order chi connectivity index (χ0) is 13.8. The van der Waals surface area contributed by atoms with Gasteiger partial charge in [-0.15, -0.1) is 0 Å². The van der Waals surface area contributed by atoms with Crippen molar-refractivity contribution in [1.29, 1.82) is 0 Å². The number of nitrogens with one attached hydrogen (secondary N) is 1. The Balaban J connectivity index is 2.12. The molecule has 0 bridgehead atoms. The van der Waals surface area contributed by atoms with Crippen molar-refractivity contribution in [2.75, 3.05) is 18.2 Å². The number of rotatable bonds is 4. The van der Waals surface area contributed by atoms with Crippen molar-refractivity contribution < 1.29 is 13.5 Å². The summed E-state index contributed by atoms with van der Waals surface area (Å²) in [6, 6.07) is 4.12. The number of pyridine rings is 2. The summed E-state index contributed by atoms with van der Waals surface area (Å²) in [7, 11) is 1.50. The van der Waals surface area contributed by atoms with Crippen LogP contribution in [-0.4, -0.2) is 17.1 Å². The molecule has 19 heavy (non-hydrogen) atoms. The van der Waals surface area contributed by atoms with Crippen molar-refractivity contribution in [2.45, 2.75) is 6.54 Å². The monoisotopic (exact) mass is 266 g/mol. The number of methoxy groups -OCH3 is 1. The summed E-state index contributed by atoms with van der Waals surface area (Å²) in [4.78, 5) is 7.55. The molecule has 0 saturated carbocycles. The molecule has 0 aliphatic carbocycles. The number of nitrogens with zero attached hydrogens (tertiary/aromatic N) is 2. The highest BCUT2D eigenvalue weighted by Gasteiger charge is 2.09. The standard InChI is InChI=1S/C12H12F2N4O/c1-19-10-4-7(2-3-16-10)6-17-12-9(14)5-8(13)11(15)18-12/h2-5H,6H2,1H3,(H3,15,17,18). The van der Waals surface area contributed by atoms with Gasteiger partial charge in [-0.25, -0.2) is 18.7 Å². The van der Waals surface area contributed by atoms with E-state index in [0.717, 1.165) is 5.56 Å². The minimum atomic E-state index is -0.881. The van der Waals surface area contributed by atoms with Crippen LogP contribution in [0, 0.1) is 11.6 Å². The molecule has 3 N–H and O–H groups in total. The van der Waals surface area contributed by atoms with Crippen LogP contribution in [0.3, 0.4) is 0 Å². The highest BCUT2D eigenvalue weighted by atomic mass is 19.1. The average Bonchev–Trinajstić information content (AvgIpc) is 2.41. The smallest absolute Gasteiger partial charge is 0.213 e. The molecule has 0 amide bonds. The van der Waals surface area contributed by atoms with Crippen LogP contribution in [0.5, 0.6) is 5.88 Å². The van der Waals surface area contributed by atoms with E-state index in [0.29, 0.717) is 11.9 Å². The van der Waals surface area contributed by atoms with Gasteiger partial charge < -0.3 is 15.8 Å². The lowest BCUT2D eigenvalue weighted by molar-refractivity contribution is 0.397. The first kappa shape index (κ1) is 13.0. The van der Waals surface area contributed by atoms with Gasteiger partial charge in [0.25, 0.3) is 0 Å². The molecule has 5 nitrogen and oxygen atoms in total. The fourth-order valence-corrected chi connectivity index (χ4v) is 1.46.